The third-order valence-corrected chi connectivity index (χ3v) is 7.26. The maximum absolute atomic E-state index is 2.99. The second kappa shape index (κ2) is 14.7. The molecule has 0 unspecified atom stereocenters. The van der Waals surface area contributed by atoms with Crippen LogP contribution in [0.4, 0.5) is 0 Å². The van der Waals surface area contributed by atoms with Gasteiger partial charge in [-0.15, -0.1) is 47.5 Å². The molecule has 1 nitrogen and oxygen atoms in total. The zero-order valence-electron chi connectivity index (χ0n) is 23.3. The molecule has 0 N–H and O–H groups in total. The fourth-order valence-electron chi connectivity index (χ4n) is 5.04. The number of rotatable bonds is 4. The molecule has 0 radical (unpaired) electrons. The predicted molar refractivity (Wildman–Crippen MR) is 168 cm³/mol. The van der Waals surface area contributed by atoms with E-state index in [0.29, 0.717) is 0 Å². The number of hydrogen-bond acceptors (Lipinski definition) is 0. The molecule has 0 saturated carbocycles. The van der Waals surface area contributed by atoms with Crippen LogP contribution in [0.25, 0.3) is 27.4 Å². The van der Waals surface area contributed by atoms with Crippen LogP contribution in [-0.2, 0) is 39.0 Å². The van der Waals surface area contributed by atoms with E-state index in [1.807, 2.05) is 12.2 Å². The first-order valence-corrected chi connectivity index (χ1v) is 13.7. The minimum atomic E-state index is 0. The van der Waals surface area contributed by atoms with Crippen molar-refractivity contribution in [1.82, 2.24) is 4.57 Å². The molecule has 1 aliphatic carbocycles. The smallest absolute Gasteiger partial charge is 0.332 e. The van der Waals surface area contributed by atoms with Gasteiger partial charge in [-0.25, -0.2) is 12.2 Å². The summed E-state index contributed by atoms with van der Waals surface area (Å²) in [5.41, 5.74) is 8.06. The van der Waals surface area contributed by atoms with Gasteiger partial charge >= 0.3 is 26.2 Å². The maximum atomic E-state index is 2.99. The van der Waals surface area contributed by atoms with E-state index in [-0.39, 0.29) is 26.2 Å². The molecule has 0 atom stereocenters. The average Bonchev–Trinajstić information content (AvgIpc) is 3.75. The Morgan fingerprint density at radius 1 is 0.725 bits per heavy atom. The van der Waals surface area contributed by atoms with Gasteiger partial charge in [0.25, 0.3) is 0 Å². The van der Waals surface area contributed by atoms with Gasteiger partial charge in [-0.1, -0.05) is 84.9 Å². The van der Waals surface area contributed by atoms with E-state index in [4.69, 9.17) is 0 Å². The van der Waals surface area contributed by atoms with Crippen LogP contribution in [0.5, 0.6) is 0 Å². The standard InChI is InChI=1S/C19H16N.C14H14.C5H5.Zr/c1-13-14(2)20(19-10-6-5-9-18(13)19)17-11-15-7-3-4-8-16(15)12-17;1-3-7-13(8-4-1)11-12-14-9-5-2-6-10-14;1-2-4-5-3-1;/h3-12H,1-2H3;1-10H,11-12H2;1-3H,4H2;/q-1;;-1;+2. The third-order valence-electron chi connectivity index (χ3n) is 7.26. The summed E-state index contributed by atoms with van der Waals surface area (Å²) in [6.45, 7) is 4.41. The van der Waals surface area contributed by atoms with E-state index in [1.54, 1.807) is 0 Å². The van der Waals surface area contributed by atoms with Crippen molar-refractivity contribution in [3.05, 3.63) is 168 Å². The first-order chi connectivity index (χ1) is 19.2. The van der Waals surface area contributed by atoms with Crippen LogP contribution in [0.15, 0.2) is 140 Å². The van der Waals surface area contributed by atoms with E-state index in [1.165, 1.54) is 49.7 Å². The minimum Gasteiger partial charge on any atom is -0.332 e. The number of allylic oxidation sites excluding steroid dienone is 4. The van der Waals surface area contributed by atoms with Crippen LogP contribution < -0.4 is 0 Å². The zero-order chi connectivity index (χ0) is 26.9. The summed E-state index contributed by atoms with van der Waals surface area (Å²) >= 11 is 0. The molecule has 2 heteroatoms. The summed E-state index contributed by atoms with van der Waals surface area (Å²) in [6, 6.07) is 43.0. The van der Waals surface area contributed by atoms with Crippen molar-refractivity contribution in [3.63, 3.8) is 0 Å². The van der Waals surface area contributed by atoms with Crippen LogP contribution >= 0.6 is 0 Å². The largest absolute Gasteiger partial charge is 2.00 e. The number of aryl methyl sites for hydroxylation is 3. The molecule has 0 saturated heterocycles. The molecule has 0 aliphatic heterocycles. The Kier molecular flexibility index (Phi) is 10.8. The van der Waals surface area contributed by atoms with E-state index in [0.717, 1.165) is 19.3 Å². The van der Waals surface area contributed by atoms with Gasteiger partial charge in [0, 0.05) is 11.1 Å². The maximum Gasteiger partial charge on any atom is 2.00 e. The molecule has 1 heterocycles. The first-order valence-electron chi connectivity index (χ1n) is 13.7. The number of fused-ring (bicyclic) bond motifs is 2. The molecule has 0 spiro atoms. The van der Waals surface area contributed by atoms with Gasteiger partial charge < -0.3 is 4.57 Å². The summed E-state index contributed by atoms with van der Waals surface area (Å²) in [7, 11) is 0. The molecule has 6 aromatic rings. The van der Waals surface area contributed by atoms with Crippen molar-refractivity contribution >= 4 is 21.7 Å². The molecule has 1 aromatic heterocycles. The third kappa shape index (κ3) is 7.32. The van der Waals surface area contributed by atoms with Crippen LogP contribution in [-0.4, -0.2) is 4.57 Å². The molecule has 1 aliphatic rings. The Morgan fingerprint density at radius 2 is 1.32 bits per heavy atom. The van der Waals surface area contributed by atoms with Crippen molar-refractivity contribution in [2.45, 2.75) is 33.1 Å². The van der Waals surface area contributed by atoms with Crippen LogP contribution in [0.3, 0.4) is 0 Å². The predicted octanol–water partition coefficient (Wildman–Crippen LogP) is 9.89. The topological polar surface area (TPSA) is 4.93 Å². The quantitative estimate of drug-likeness (QED) is 0.179. The molecule has 7 rings (SSSR count). The average molecular weight is 597 g/mol. The van der Waals surface area contributed by atoms with E-state index >= 15 is 0 Å². The van der Waals surface area contributed by atoms with Crippen LogP contribution in [0, 0.1) is 19.9 Å². The Morgan fingerprint density at radius 3 is 1.90 bits per heavy atom. The number of para-hydroxylation sites is 1. The van der Waals surface area contributed by atoms with Gasteiger partial charge in [-0.2, -0.15) is 6.08 Å². The molecular weight excluding hydrogens is 562 g/mol. The first kappa shape index (κ1) is 29.4. The number of hydrogen-bond donors (Lipinski definition) is 0. The SMILES string of the molecule is Cc1c(C)n(-c2cc3ccccc3[cH-]2)c2ccccc12.[C-]1=CC=CC1.[Zr+2].c1ccc(CCc2ccccc2)cc1. The molecule has 5 aromatic carbocycles. The van der Waals surface area contributed by atoms with Crippen LogP contribution in [0.2, 0.25) is 0 Å². The number of nitrogens with zero attached hydrogens (tertiary/aromatic N) is 1. The molecule has 0 amide bonds. The Labute approximate surface area is 258 Å². The van der Waals surface area contributed by atoms with E-state index in [2.05, 4.69) is 152 Å². The summed E-state index contributed by atoms with van der Waals surface area (Å²) in [5.74, 6) is 0. The zero-order valence-corrected chi connectivity index (χ0v) is 25.8. The van der Waals surface area contributed by atoms with E-state index < -0.39 is 0 Å². The summed E-state index contributed by atoms with van der Waals surface area (Å²) in [5, 5.41) is 3.95. The van der Waals surface area contributed by atoms with Crippen LogP contribution in [0.1, 0.15) is 28.8 Å². The minimum absolute atomic E-state index is 0. The van der Waals surface area contributed by atoms with Gasteiger partial charge in [-0.05, 0) is 55.1 Å². The van der Waals surface area contributed by atoms with Gasteiger partial charge in [-0.3, -0.25) is 6.08 Å². The van der Waals surface area contributed by atoms with Crippen molar-refractivity contribution in [1.29, 1.82) is 0 Å². The van der Waals surface area contributed by atoms with Gasteiger partial charge in [0.15, 0.2) is 0 Å². The van der Waals surface area contributed by atoms with Gasteiger partial charge in [0.1, 0.15) is 0 Å². The molecule has 0 bridgehead atoms. The fraction of sp³-hybridized carbons (Fsp3) is 0.132. The van der Waals surface area contributed by atoms with Crippen molar-refractivity contribution in [2.75, 3.05) is 0 Å². The molecule has 40 heavy (non-hydrogen) atoms. The number of aromatic nitrogens is 1. The molecule has 196 valence electrons. The Hall–Kier alpha value is -3.61. The molecular formula is C38H35NZr. The Balaban J connectivity index is 0.000000161. The Bertz CT molecular complexity index is 1600. The molecule has 0 fully saturated rings. The monoisotopic (exact) mass is 595 g/mol. The normalized spacial score (nSPS) is 11.4. The fourth-order valence-corrected chi connectivity index (χ4v) is 5.04. The van der Waals surface area contributed by atoms with Gasteiger partial charge in [0.2, 0.25) is 0 Å². The summed E-state index contributed by atoms with van der Waals surface area (Å²) in [4.78, 5) is 0. The van der Waals surface area contributed by atoms with Crippen molar-refractivity contribution < 1.29 is 26.2 Å². The van der Waals surface area contributed by atoms with Crippen molar-refractivity contribution in [2.24, 2.45) is 0 Å². The number of benzene rings is 4. The second-order valence-corrected chi connectivity index (χ2v) is 9.88. The summed E-state index contributed by atoms with van der Waals surface area (Å²) in [6.07, 6.45) is 12.3. The summed E-state index contributed by atoms with van der Waals surface area (Å²) < 4.78 is 2.37. The van der Waals surface area contributed by atoms with Gasteiger partial charge in [0.05, 0.1) is 5.52 Å². The van der Waals surface area contributed by atoms with E-state index in [9.17, 15) is 0 Å². The van der Waals surface area contributed by atoms with Crippen molar-refractivity contribution in [3.8, 4) is 5.69 Å². The second-order valence-electron chi connectivity index (χ2n) is 9.88.